The molecule has 1 saturated carbocycles. The van der Waals surface area contributed by atoms with Crippen LogP contribution in [0.15, 0.2) is 53.8 Å². The van der Waals surface area contributed by atoms with Crippen molar-refractivity contribution in [1.82, 2.24) is 15.3 Å². The highest BCUT2D eigenvalue weighted by Crippen LogP contribution is 2.41. The maximum atomic E-state index is 12.9. The molecule has 0 saturated heterocycles. The first-order chi connectivity index (χ1) is 15.0. The van der Waals surface area contributed by atoms with Crippen molar-refractivity contribution < 1.29 is 9.53 Å². The summed E-state index contributed by atoms with van der Waals surface area (Å²) in [7, 11) is 0. The third-order valence-electron chi connectivity index (χ3n) is 4.96. The normalized spacial score (nSPS) is 13.1. The molecule has 31 heavy (non-hydrogen) atoms. The molecule has 1 aromatic heterocycles. The number of nitrogens with zero attached hydrogens (tertiary/aromatic N) is 2. The lowest BCUT2D eigenvalue weighted by Gasteiger charge is -2.12. The number of rotatable bonds is 8. The van der Waals surface area contributed by atoms with Crippen molar-refractivity contribution in [2.75, 3.05) is 12.8 Å². The van der Waals surface area contributed by atoms with Gasteiger partial charge in [0.1, 0.15) is 5.75 Å². The van der Waals surface area contributed by atoms with Crippen LogP contribution in [0.5, 0.6) is 11.5 Å². The Bertz CT molecular complexity index is 1110. The third kappa shape index (κ3) is 5.70. The number of hydrogen-bond acceptors (Lipinski definition) is 5. The molecule has 8 heteroatoms. The topological polar surface area (TPSA) is 64.1 Å². The molecule has 3 aromatic rings. The van der Waals surface area contributed by atoms with Gasteiger partial charge < -0.3 is 10.1 Å². The Morgan fingerprint density at radius 3 is 2.81 bits per heavy atom. The second-order valence-electron chi connectivity index (χ2n) is 7.26. The Morgan fingerprint density at radius 1 is 1.23 bits per heavy atom. The van der Waals surface area contributed by atoms with E-state index in [1.165, 1.54) is 30.2 Å². The van der Waals surface area contributed by atoms with Crippen LogP contribution in [-0.4, -0.2) is 28.7 Å². The number of amides is 1. The largest absolute Gasteiger partial charge is 0.453 e. The smallest absolute Gasteiger partial charge is 0.273 e. The van der Waals surface area contributed by atoms with Gasteiger partial charge in [0.2, 0.25) is 0 Å². The zero-order valence-electron chi connectivity index (χ0n) is 16.9. The van der Waals surface area contributed by atoms with E-state index in [0.29, 0.717) is 45.6 Å². The highest BCUT2D eigenvalue weighted by molar-refractivity contribution is 7.98. The Balaban J connectivity index is 1.48. The molecule has 2 aromatic carbocycles. The van der Waals surface area contributed by atoms with Gasteiger partial charge >= 0.3 is 0 Å². The highest BCUT2D eigenvalue weighted by atomic mass is 35.5. The van der Waals surface area contributed by atoms with E-state index in [4.69, 9.17) is 27.9 Å². The molecule has 5 nitrogen and oxygen atoms in total. The van der Waals surface area contributed by atoms with E-state index in [1.807, 2.05) is 30.5 Å². The summed E-state index contributed by atoms with van der Waals surface area (Å²) < 4.78 is 6.01. The minimum Gasteiger partial charge on any atom is -0.453 e. The fraction of sp³-hybridized carbons (Fsp3) is 0.261. The summed E-state index contributed by atoms with van der Waals surface area (Å²) in [4.78, 5) is 21.5. The molecule has 4 rings (SSSR count). The molecule has 1 N–H and O–H groups in total. The van der Waals surface area contributed by atoms with Gasteiger partial charge in [-0.3, -0.25) is 4.79 Å². The molecule has 0 radical (unpaired) electrons. The van der Waals surface area contributed by atoms with Crippen LogP contribution in [0.4, 0.5) is 0 Å². The van der Waals surface area contributed by atoms with E-state index in [9.17, 15) is 4.79 Å². The Labute approximate surface area is 195 Å². The Kier molecular flexibility index (Phi) is 7.00. The summed E-state index contributed by atoms with van der Waals surface area (Å²) in [6.45, 7) is 0.398. The molecule has 160 valence electrons. The first-order valence-electron chi connectivity index (χ1n) is 9.94. The summed E-state index contributed by atoms with van der Waals surface area (Å²) in [6.07, 6.45) is 6.40. The van der Waals surface area contributed by atoms with Crippen LogP contribution in [0.25, 0.3) is 0 Å². The number of ether oxygens (including phenoxy) is 1. The Morgan fingerprint density at radius 2 is 2.06 bits per heavy atom. The predicted octanol–water partition coefficient (Wildman–Crippen LogP) is 6.15. The summed E-state index contributed by atoms with van der Waals surface area (Å²) in [5.41, 5.74) is 2.37. The molecule has 1 heterocycles. The lowest BCUT2D eigenvalue weighted by atomic mass is 10.1. The van der Waals surface area contributed by atoms with Crippen molar-refractivity contribution in [2.45, 2.75) is 30.3 Å². The van der Waals surface area contributed by atoms with Gasteiger partial charge in [0.15, 0.2) is 16.6 Å². The van der Waals surface area contributed by atoms with E-state index in [1.54, 1.807) is 18.3 Å². The fourth-order valence-electron chi connectivity index (χ4n) is 3.18. The van der Waals surface area contributed by atoms with Crippen LogP contribution < -0.4 is 10.1 Å². The third-order valence-corrected chi connectivity index (χ3v) is 6.11. The van der Waals surface area contributed by atoms with Crippen LogP contribution in [0.2, 0.25) is 10.0 Å². The van der Waals surface area contributed by atoms with Crippen LogP contribution in [0, 0.1) is 0 Å². The molecule has 1 fully saturated rings. The molecule has 0 unspecified atom stereocenters. The fourth-order valence-corrected chi connectivity index (χ4v) is 4.03. The highest BCUT2D eigenvalue weighted by Gasteiger charge is 2.24. The van der Waals surface area contributed by atoms with E-state index in [-0.39, 0.29) is 11.6 Å². The van der Waals surface area contributed by atoms with Crippen LogP contribution >= 0.6 is 35.0 Å². The van der Waals surface area contributed by atoms with Crippen molar-refractivity contribution in [3.8, 4) is 11.5 Å². The number of halogens is 2. The molecule has 0 spiro atoms. The number of hydrogen-bond donors (Lipinski definition) is 1. The van der Waals surface area contributed by atoms with Crippen molar-refractivity contribution in [3.63, 3.8) is 0 Å². The quantitative estimate of drug-likeness (QED) is 0.314. The summed E-state index contributed by atoms with van der Waals surface area (Å²) in [5.74, 6) is 1.29. The molecule has 1 amide bonds. The average molecular weight is 474 g/mol. The van der Waals surface area contributed by atoms with Crippen molar-refractivity contribution in [3.05, 3.63) is 75.5 Å². The summed E-state index contributed by atoms with van der Waals surface area (Å²) >= 11 is 13.5. The molecule has 0 aliphatic heterocycles. The maximum Gasteiger partial charge on any atom is 0.273 e. The number of nitrogens with one attached hydrogen (secondary N) is 1. The van der Waals surface area contributed by atoms with E-state index in [0.717, 1.165) is 5.56 Å². The monoisotopic (exact) mass is 473 g/mol. The van der Waals surface area contributed by atoms with Gasteiger partial charge in [0.05, 0.1) is 6.20 Å². The molecule has 1 aliphatic rings. The lowest BCUT2D eigenvalue weighted by Crippen LogP contribution is -2.27. The number of thioether (sulfide) groups is 1. The first-order valence-corrected chi connectivity index (χ1v) is 11.9. The Hall–Kier alpha value is -2.28. The minimum absolute atomic E-state index is 0.207. The second-order valence-corrected chi connectivity index (χ2v) is 8.88. The van der Waals surface area contributed by atoms with Crippen molar-refractivity contribution >= 4 is 40.9 Å². The number of benzene rings is 2. The number of aromatic nitrogens is 2. The standard InChI is InChI=1S/C23H21Cl2N3O2S/c1-31-23-27-13-20(30-18-4-2-3-16(11-18)14-5-6-14)21(28-23)22(29)26-10-9-15-7-8-17(24)12-19(15)25/h2-4,7-8,11-14H,5-6,9-10H2,1H3,(H,26,29). The maximum absolute atomic E-state index is 12.9. The second kappa shape index (κ2) is 9.90. The van der Waals surface area contributed by atoms with Gasteiger partial charge in [0.25, 0.3) is 5.91 Å². The van der Waals surface area contributed by atoms with Crippen molar-refractivity contribution in [1.29, 1.82) is 0 Å². The first kappa shape index (κ1) is 21.9. The zero-order chi connectivity index (χ0) is 21.8. The molecular weight excluding hydrogens is 453 g/mol. The van der Waals surface area contributed by atoms with Gasteiger partial charge in [-0.2, -0.15) is 0 Å². The number of carbonyl (C=O) groups excluding carboxylic acids is 1. The van der Waals surface area contributed by atoms with Crippen LogP contribution in [0.1, 0.15) is 40.4 Å². The molecule has 0 atom stereocenters. The molecular formula is C23H21Cl2N3O2S. The number of carbonyl (C=O) groups is 1. The summed E-state index contributed by atoms with van der Waals surface area (Å²) in [5, 5.41) is 4.56. The lowest BCUT2D eigenvalue weighted by molar-refractivity contribution is 0.0945. The van der Waals surface area contributed by atoms with Gasteiger partial charge in [-0.25, -0.2) is 9.97 Å². The zero-order valence-corrected chi connectivity index (χ0v) is 19.2. The van der Waals surface area contributed by atoms with E-state index < -0.39 is 0 Å². The van der Waals surface area contributed by atoms with E-state index >= 15 is 0 Å². The van der Waals surface area contributed by atoms with Crippen LogP contribution in [-0.2, 0) is 6.42 Å². The van der Waals surface area contributed by atoms with Crippen LogP contribution in [0.3, 0.4) is 0 Å². The van der Waals surface area contributed by atoms with E-state index in [2.05, 4.69) is 21.4 Å². The van der Waals surface area contributed by atoms with Gasteiger partial charge in [-0.1, -0.05) is 53.2 Å². The van der Waals surface area contributed by atoms with Gasteiger partial charge in [-0.05, 0) is 66.8 Å². The van der Waals surface area contributed by atoms with Crippen molar-refractivity contribution in [2.24, 2.45) is 0 Å². The summed E-state index contributed by atoms with van der Waals surface area (Å²) in [6, 6.07) is 13.3. The minimum atomic E-state index is -0.323. The molecule has 0 bridgehead atoms. The SMILES string of the molecule is CSc1ncc(Oc2cccc(C3CC3)c2)c(C(=O)NCCc2ccc(Cl)cc2Cl)n1. The average Bonchev–Trinajstić information content (AvgIpc) is 3.61. The molecule has 1 aliphatic carbocycles. The predicted molar refractivity (Wildman–Crippen MR) is 125 cm³/mol. The van der Waals surface area contributed by atoms with Gasteiger partial charge in [-0.15, -0.1) is 0 Å². The van der Waals surface area contributed by atoms with Gasteiger partial charge in [0, 0.05) is 16.6 Å².